The number of hydrogen-bond donors (Lipinski definition) is 1. The highest BCUT2D eigenvalue weighted by Gasteiger charge is 2.37. The summed E-state index contributed by atoms with van der Waals surface area (Å²) in [5, 5.41) is 19.0. The van der Waals surface area contributed by atoms with Crippen molar-refractivity contribution >= 4 is 17.8 Å². The number of carbonyl (C=O) groups excluding carboxylic acids is 2. The lowest BCUT2D eigenvalue weighted by atomic mass is 9.79. The molecule has 1 N–H and O–H groups in total. The maximum absolute atomic E-state index is 14.3. The van der Waals surface area contributed by atoms with Gasteiger partial charge in [0.2, 0.25) is 5.91 Å². The molecule has 1 saturated heterocycles. The van der Waals surface area contributed by atoms with Crippen LogP contribution in [0.3, 0.4) is 0 Å². The largest absolute Gasteiger partial charge is 0.494 e. The smallest absolute Gasteiger partial charge is 0.410 e. The van der Waals surface area contributed by atoms with Gasteiger partial charge in [0.05, 0.1) is 26.3 Å². The lowest BCUT2D eigenvalue weighted by Crippen LogP contribution is -2.54. The molecule has 2 amide bonds. The van der Waals surface area contributed by atoms with Crippen LogP contribution in [0.1, 0.15) is 93.3 Å². The van der Waals surface area contributed by atoms with Crippen LogP contribution in [0.4, 0.5) is 10.6 Å². The van der Waals surface area contributed by atoms with Gasteiger partial charge in [-0.25, -0.2) is 19.7 Å². The second-order valence-corrected chi connectivity index (χ2v) is 13.7. The molecule has 0 aromatic carbocycles. The molecule has 7 rings (SSSR count). The molecule has 3 aromatic rings. The third-order valence-corrected chi connectivity index (χ3v) is 10.4. The molecule has 4 aliphatic rings. The minimum atomic E-state index is -0.473. The number of hydrogen-bond acceptors (Lipinski definition) is 10. The Morgan fingerprint density at radius 3 is 2.46 bits per heavy atom. The zero-order chi connectivity index (χ0) is 33.2. The predicted molar refractivity (Wildman–Crippen MR) is 174 cm³/mol. The van der Waals surface area contributed by atoms with Crippen LogP contribution in [-0.4, -0.2) is 75.9 Å². The highest BCUT2D eigenvalue weighted by atomic mass is 16.6. The highest BCUT2D eigenvalue weighted by molar-refractivity contribution is 5.94. The van der Waals surface area contributed by atoms with E-state index >= 15 is 0 Å². The average Bonchev–Trinajstić information content (AvgIpc) is 3.84. The van der Waals surface area contributed by atoms with E-state index in [2.05, 4.69) is 11.1 Å². The average molecular weight is 655 g/mol. The predicted octanol–water partition coefficient (Wildman–Crippen LogP) is 5.57. The zero-order valence-electron chi connectivity index (χ0n) is 27.3. The summed E-state index contributed by atoms with van der Waals surface area (Å²) < 4.78 is 16.7. The Balaban J connectivity index is 1.04. The fourth-order valence-corrected chi connectivity index (χ4v) is 7.26. The Morgan fingerprint density at radius 2 is 1.77 bits per heavy atom. The molecule has 0 unspecified atom stereocenters. The molecular weight excluding hydrogens is 612 g/mol. The molecule has 12 nitrogen and oxygen atoms in total. The standard InChI is InChI=1S/C36H42N6O6/c1-46-32-13-12-29(39-30(32)17-37)23-4-2-22(3-5-23)18-42(33-16-26(14-15-38-33)31-21-47-34(40-31)24-6-7-24)35(44)25-8-10-28(11-9-25)48-36(45)41-19-27(43)20-41/h12-16,21-25,27-28,43H,2-11,18-20H2,1H3/t22-,23-,25-,28-. The van der Waals surface area contributed by atoms with Crippen molar-refractivity contribution in [1.29, 1.82) is 5.26 Å². The zero-order valence-corrected chi connectivity index (χ0v) is 27.3. The van der Waals surface area contributed by atoms with Crippen LogP contribution in [0.25, 0.3) is 11.3 Å². The van der Waals surface area contributed by atoms with E-state index in [1.165, 1.54) is 4.90 Å². The summed E-state index contributed by atoms with van der Waals surface area (Å²) in [6.45, 7) is 1.17. The summed E-state index contributed by atoms with van der Waals surface area (Å²) in [7, 11) is 1.54. The van der Waals surface area contributed by atoms with Crippen molar-refractivity contribution in [1.82, 2.24) is 19.9 Å². The molecule has 0 radical (unpaired) electrons. The van der Waals surface area contributed by atoms with E-state index in [4.69, 9.17) is 23.9 Å². The Kier molecular flexibility index (Phi) is 9.30. The van der Waals surface area contributed by atoms with Crippen molar-refractivity contribution in [2.75, 3.05) is 31.6 Å². The summed E-state index contributed by atoms with van der Waals surface area (Å²) in [5.41, 5.74) is 2.83. The Morgan fingerprint density at radius 1 is 1.02 bits per heavy atom. The van der Waals surface area contributed by atoms with Gasteiger partial charge in [0.25, 0.3) is 0 Å². The molecule has 3 aliphatic carbocycles. The number of oxazole rings is 1. The molecule has 3 aromatic heterocycles. The lowest BCUT2D eigenvalue weighted by molar-refractivity contribution is -0.124. The van der Waals surface area contributed by atoms with E-state index < -0.39 is 6.10 Å². The second kappa shape index (κ2) is 13.9. The maximum atomic E-state index is 14.3. The normalized spacial score (nSPS) is 24.3. The Bertz CT molecular complexity index is 1660. The minimum Gasteiger partial charge on any atom is -0.494 e. The van der Waals surface area contributed by atoms with Crippen molar-refractivity contribution in [3.63, 3.8) is 0 Å². The van der Waals surface area contributed by atoms with Gasteiger partial charge < -0.3 is 23.9 Å². The van der Waals surface area contributed by atoms with Gasteiger partial charge in [-0.05, 0) is 94.4 Å². The summed E-state index contributed by atoms with van der Waals surface area (Å²) in [4.78, 5) is 44.1. The molecule has 0 spiro atoms. The number of pyridine rings is 2. The molecule has 48 heavy (non-hydrogen) atoms. The molecule has 1 aliphatic heterocycles. The first-order chi connectivity index (χ1) is 23.4. The fourth-order valence-electron chi connectivity index (χ4n) is 7.26. The van der Waals surface area contributed by atoms with E-state index in [1.54, 1.807) is 19.6 Å². The Labute approximate surface area is 280 Å². The van der Waals surface area contributed by atoms with Gasteiger partial charge in [-0.1, -0.05) is 0 Å². The van der Waals surface area contributed by atoms with Crippen molar-refractivity contribution in [3.05, 3.63) is 54.0 Å². The van der Waals surface area contributed by atoms with E-state index in [1.807, 2.05) is 29.2 Å². The number of β-amino-alcohol motifs (C(OH)–C–C–N with tert-alkyl or cyclic N) is 1. The van der Waals surface area contributed by atoms with Crippen LogP contribution in [-0.2, 0) is 9.53 Å². The quantitative estimate of drug-likeness (QED) is 0.310. The first-order valence-corrected chi connectivity index (χ1v) is 17.2. The van der Waals surface area contributed by atoms with Gasteiger partial charge >= 0.3 is 6.09 Å². The lowest BCUT2D eigenvalue weighted by Gasteiger charge is -2.37. The molecule has 3 saturated carbocycles. The molecule has 252 valence electrons. The molecule has 4 heterocycles. The van der Waals surface area contributed by atoms with Crippen molar-refractivity contribution in [2.45, 2.75) is 88.3 Å². The number of rotatable bonds is 9. The maximum Gasteiger partial charge on any atom is 0.410 e. The summed E-state index contributed by atoms with van der Waals surface area (Å²) in [6.07, 6.45) is 10.7. The van der Waals surface area contributed by atoms with Gasteiger partial charge in [0.1, 0.15) is 29.9 Å². The number of aliphatic hydroxyl groups is 1. The van der Waals surface area contributed by atoms with Crippen molar-refractivity contribution in [2.24, 2.45) is 11.8 Å². The van der Waals surface area contributed by atoms with Gasteiger partial charge in [-0.15, -0.1) is 0 Å². The molecule has 12 heteroatoms. The minimum absolute atomic E-state index is 0.0479. The van der Waals surface area contributed by atoms with Gasteiger partial charge in [0, 0.05) is 41.8 Å². The highest BCUT2D eigenvalue weighted by Crippen LogP contribution is 2.41. The van der Waals surface area contributed by atoms with Crippen molar-refractivity contribution in [3.8, 4) is 23.1 Å². The second-order valence-electron chi connectivity index (χ2n) is 13.7. The molecule has 0 atom stereocenters. The van der Waals surface area contributed by atoms with Crippen LogP contribution in [0.2, 0.25) is 0 Å². The molecule has 4 fully saturated rings. The number of anilines is 1. The van der Waals surface area contributed by atoms with Gasteiger partial charge in [-0.3, -0.25) is 9.69 Å². The first kappa shape index (κ1) is 32.1. The third kappa shape index (κ3) is 7.02. The topological polar surface area (TPSA) is 155 Å². The molecular formula is C36H42N6O6. The van der Waals surface area contributed by atoms with E-state index in [0.717, 1.165) is 61.4 Å². The number of ether oxygens (including phenoxy) is 2. The van der Waals surface area contributed by atoms with E-state index in [9.17, 15) is 20.0 Å². The van der Waals surface area contributed by atoms with Crippen molar-refractivity contribution < 1.29 is 28.6 Å². The van der Waals surface area contributed by atoms with Crippen LogP contribution < -0.4 is 9.64 Å². The summed E-state index contributed by atoms with van der Waals surface area (Å²) in [6, 6.07) is 9.76. The summed E-state index contributed by atoms with van der Waals surface area (Å²) in [5.74, 6) is 2.63. The van der Waals surface area contributed by atoms with Crippen LogP contribution in [0.5, 0.6) is 5.75 Å². The number of aromatic nitrogens is 3. The number of methoxy groups -OCH3 is 1. The molecule has 0 bridgehead atoms. The monoisotopic (exact) mass is 654 g/mol. The third-order valence-electron chi connectivity index (χ3n) is 10.4. The van der Waals surface area contributed by atoms with Gasteiger partial charge in [0.15, 0.2) is 17.3 Å². The van der Waals surface area contributed by atoms with Crippen LogP contribution >= 0.6 is 0 Å². The first-order valence-electron chi connectivity index (χ1n) is 17.2. The van der Waals surface area contributed by atoms with Gasteiger partial charge in [-0.2, -0.15) is 5.26 Å². The number of carbonyl (C=O) groups is 2. The number of likely N-dealkylation sites (tertiary alicyclic amines) is 1. The number of nitriles is 1. The number of aliphatic hydroxyl groups excluding tert-OH is 1. The van der Waals surface area contributed by atoms with E-state index in [-0.39, 0.29) is 35.9 Å². The van der Waals surface area contributed by atoms with E-state index in [0.29, 0.717) is 68.5 Å². The SMILES string of the molecule is COc1ccc([C@H]2CC[C@H](CN(c3cc(-c4coc(C5CC5)n4)ccn3)C(=O)[C@H]3CC[C@H](OC(=O)N4CC(O)C4)CC3)CC2)nc1C#N. The van der Waals surface area contributed by atoms with Crippen LogP contribution in [0, 0.1) is 23.2 Å². The van der Waals surface area contributed by atoms with Crippen LogP contribution in [0.15, 0.2) is 41.1 Å². The number of amides is 2. The fraction of sp³-hybridized carbons (Fsp3) is 0.556. The number of nitrogens with zero attached hydrogens (tertiary/aromatic N) is 6. The summed E-state index contributed by atoms with van der Waals surface area (Å²) >= 11 is 0. The Hall–Kier alpha value is -4.50.